The molecule has 0 fully saturated rings. The topological polar surface area (TPSA) is 70.9 Å². The smallest absolute Gasteiger partial charge is 0.220 e. The molecule has 1 amide bonds. The Balaban J connectivity index is 1.28. The zero-order valence-corrected chi connectivity index (χ0v) is 19.3. The second-order valence-electron chi connectivity index (χ2n) is 8.15. The van der Waals surface area contributed by atoms with Gasteiger partial charge in [-0.1, -0.05) is 78.3 Å². The predicted octanol–water partition coefficient (Wildman–Crippen LogP) is 6.36. The van der Waals surface area contributed by atoms with Crippen LogP contribution in [0.4, 0.5) is 0 Å². The Hall–Kier alpha value is -3.83. The minimum absolute atomic E-state index is 0.0589. The van der Waals surface area contributed by atoms with Crippen LogP contribution in [0.25, 0.3) is 22.2 Å². The van der Waals surface area contributed by atoms with Gasteiger partial charge in [0.25, 0.3) is 0 Å². The molecule has 0 aliphatic rings. The zero-order valence-electron chi connectivity index (χ0n) is 18.5. The summed E-state index contributed by atoms with van der Waals surface area (Å²) in [5, 5.41) is 4.89. The Kier molecular flexibility index (Phi) is 6.45. The van der Waals surface area contributed by atoms with Crippen LogP contribution in [0.2, 0.25) is 5.02 Å². The molecule has 0 saturated carbocycles. The molecule has 2 aromatic heterocycles. The number of carbonyl (C=O) groups excluding carboxylic acids is 1. The van der Waals surface area contributed by atoms with E-state index in [-0.39, 0.29) is 18.2 Å². The average Bonchev–Trinajstić information content (AvgIpc) is 3.52. The molecular formula is C28H24ClN3O2. The van der Waals surface area contributed by atoms with Gasteiger partial charge in [0.1, 0.15) is 0 Å². The van der Waals surface area contributed by atoms with Gasteiger partial charge in [-0.2, -0.15) is 0 Å². The lowest BCUT2D eigenvalue weighted by Gasteiger charge is -2.19. The molecule has 5 rings (SSSR count). The first-order valence-electron chi connectivity index (χ1n) is 11.3. The van der Waals surface area contributed by atoms with Crippen LogP contribution in [0.5, 0.6) is 0 Å². The Morgan fingerprint density at radius 3 is 2.59 bits per heavy atom. The van der Waals surface area contributed by atoms with Gasteiger partial charge in [0.15, 0.2) is 11.7 Å². The summed E-state index contributed by atoms with van der Waals surface area (Å²) >= 11 is 6.55. The Bertz CT molecular complexity index is 1410. The fourth-order valence-corrected chi connectivity index (χ4v) is 4.48. The third-order valence-corrected chi connectivity index (χ3v) is 6.30. The third kappa shape index (κ3) is 4.75. The van der Waals surface area contributed by atoms with Gasteiger partial charge in [0.05, 0.1) is 6.20 Å². The van der Waals surface area contributed by atoms with E-state index in [1.807, 2.05) is 79.0 Å². The lowest BCUT2D eigenvalue weighted by molar-refractivity contribution is -0.121. The van der Waals surface area contributed by atoms with E-state index in [0.29, 0.717) is 29.6 Å². The van der Waals surface area contributed by atoms with Crippen molar-refractivity contribution in [1.82, 2.24) is 15.3 Å². The number of oxazole rings is 1. The van der Waals surface area contributed by atoms with Gasteiger partial charge in [-0.05, 0) is 23.3 Å². The molecule has 5 aromatic rings. The summed E-state index contributed by atoms with van der Waals surface area (Å²) in [4.78, 5) is 20.4. The number of hydrogen-bond donors (Lipinski definition) is 2. The van der Waals surface area contributed by atoms with Crippen LogP contribution in [0, 0.1) is 0 Å². The van der Waals surface area contributed by atoms with Crippen LogP contribution in [0.1, 0.15) is 29.4 Å². The first-order chi connectivity index (χ1) is 16.7. The fourth-order valence-electron chi connectivity index (χ4n) is 4.21. The first-order valence-corrected chi connectivity index (χ1v) is 11.6. The lowest BCUT2D eigenvalue weighted by Crippen LogP contribution is -2.29. The number of carbonyl (C=O) groups is 1. The van der Waals surface area contributed by atoms with Gasteiger partial charge < -0.3 is 14.7 Å². The molecule has 0 bridgehead atoms. The van der Waals surface area contributed by atoms with E-state index in [1.54, 1.807) is 6.20 Å². The molecule has 6 heteroatoms. The number of hydrogen-bond acceptors (Lipinski definition) is 3. The molecule has 0 saturated heterocycles. The summed E-state index contributed by atoms with van der Waals surface area (Å²) in [7, 11) is 0. The van der Waals surface area contributed by atoms with E-state index in [1.165, 1.54) is 0 Å². The number of aromatic nitrogens is 2. The highest BCUT2D eigenvalue weighted by molar-refractivity contribution is 6.31. The van der Waals surface area contributed by atoms with Crippen molar-refractivity contribution < 1.29 is 9.21 Å². The molecule has 0 aliphatic carbocycles. The monoisotopic (exact) mass is 469 g/mol. The van der Waals surface area contributed by atoms with E-state index in [2.05, 4.69) is 21.4 Å². The van der Waals surface area contributed by atoms with Gasteiger partial charge in [-0.25, -0.2) is 4.98 Å². The molecule has 0 spiro atoms. The van der Waals surface area contributed by atoms with E-state index in [4.69, 9.17) is 16.0 Å². The van der Waals surface area contributed by atoms with Crippen LogP contribution in [-0.4, -0.2) is 22.4 Å². The van der Waals surface area contributed by atoms with Crippen LogP contribution < -0.4 is 5.32 Å². The molecule has 2 heterocycles. The molecule has 1 atom stereocenters. The number of nitrogens with zero attached hydrogens (tertiary/aromatic N) is 1. The molecule has 170 valence electrons. The maximum absolute atomic E-state index is 12.7. The molecule has 34 heavy (non-hydrogen) atoms. The van der Waals surface area contributed by atoms with Crippen molar-refractivity contribution >= 4 is 28.4 Å². The summed E-state index contributed by atoms with van der Waals surface area (Å²) in [5.41, 5.74) is 4.10. The van der Waals surface area contributed by atoms with Crippen LogP contribution in [0.3, 0.4) is 0 Å². The van der Waals surface area contributed by atoms with Gasteiger partial charge in [0, 0.05) is 53.0 Å². The van der Waals surface area contributed by atoms with Crippen molar-refractivity contribution in [1.29, 1.82) is 0 Å². The zero-order chi connectivity index (χ0) is 23.3. The van der Waals surface area contributed by atoms with E-state index in [9.17, 15) is 4.79 Å². The maximum atomic E-state index is 12.7. The Labute approximate surface area is 202 Å². The molecule has 0 radical (unpaired) electrons. The third-order valence-electron chi connectivity index (χ3n) is 5.96. The molecule has 0 aliphatic heterocycles. The number of benzene rings is 3. The molecule has 2 N–H and O–H groups in total. The number of rotatable bonds is 8. The van der Waals surface area contributed by atoms with Crippen LogP contribution in [-0.2, 0) is 11.2 Å². The number of para-hydroxylation sites is 1. The lowest BCUT2D eigenvalue weighted by atomic mass is 9.90. The Morgan fingerprint density at radius 2 is 1.74 bits per heavy atom. The van der Waals surface area contributed by atoms with E-state index in [0.717, 1.165) is 27.6 Å². The number of aromatic amines is 1. The number of nitrogens with one attached hydrogen (secondary N) is 2. The fraction of sp³-hybridized carbons (Fsp3) is 0.143. The number of halogens is 1. The van der Waals surface area contributed by atoms with Gasteiger partial charge in [0.2, 0.25) is 5.91 Å². The highest BCUT2D eigenvalue weighted by atomic mass is 35.5. The number of fused-ring (bicyclic) bond motifs is 1. The van der Waals surface area contributed by atoms with E-state index < -0.39 is 0 Å². The molecule has 1 unspecified atom stereocenters. The van der Waals surface area contributed by atoms with Crippen molar-refractivity contribution in [3.63, 3.8) is 0 Å². The highest BCUT2D eigenvalue weighted by Crippen LogP contribution is 2.34. The minimum atomic E-state index is -0.0831. The normalized spacial score (nSPS) is 12.0. The average molecular weight is 470 g/mol. The van der Waals surface area contributed by atoms with Crippen LogP contribution in [0.15, 0.2) is 95.7 Å². The maximum Gasteiger partial charge on any atom is 0.220 e. The summed E-state index contributed by atoms with van der Waals surface area (Å²) in [6.07, 6.45) is 4.43. The summed E-state index contributed by atoms with van der Waals surface area (Å²) in [6, 6.07) is 25.7. The summed E-state index contributed by atoms with van der Waals surface area (Å²) in [6.45, 7) is 0.436. The Morgan fingerprint density at radius 1 is 0.971 bits per heavy atom. The minimum Gasteiger partial charge on any atom is -0.441 e. The van der Waals surface area contributed by atoms with Crippen molar-refractivity contribution in [3.05, 3.63) is 113 Å². The largest absolute Gasteiger partial charge is 0.441 e. The van der Waals surface area contributed by atoms with Crippen molar-refractivity contribution in [3.8, 4) is 11.3 Å². The van der Waals surface area contributed by atoms with Crippen molar-refractivity contribution in [2.45, 2.75) is 18.8 Å². The quantitative estimate of drug-likeness (QED) is 0.278. The second-order valence-corrected chi connectivity index (χ2v) is 8.56. The number of H-pyrrole nitrogens is 1. The summed E-state index contributed by atoms with van der Waals surface area (Å²) < 4.78 is 5.83. The SMILES string of the molecule is O=C(CCc1ncc(-c2ccccc2)o1)NCC(c1ccccc1Cl)c1c[nH]c2ccccc12. The van der Waals surface area contributed by atoms with Crippen molar-refractivity contribution in [2.24, 2.45) is 0 Å². The van der Waals surface area contributed by atoms with Gasteiger partial charge in [-0.15, -0.1) is 0 Å². The molecular weight excluding hydrogens is 446 g/mol. The van der Waals surface area contributed by atoms with Gasteiger partial charge >= 0.3 is 0 Å². The summed E-state index contributed by atoms with van der Waals surface area (Å²) in [5.74, 6) is 1.11. The molecule has 5 nitrogen and oxygen atoms in total. The van der Waals surface area contributed by atoms with E-state index >= 15 is 0 Å². The first kappa shape index (κ1) is 22.0. The van der Waals surface area contributed by atoms with Crippen LogP contribution >= 0.6 is 11.6 Å². The number of amides is 1. The highest BCUT2D eigenvalue weighted by Gasteiger charge is 2.21. The number of aryl methyl sites for hydroxylation is 1. The van der Waals surface area contributed by atoms with Crippen molar-refractivity contribution in [2.75, 3.05) is 6.54 Å². The van der Waals surface area contributed by atoms with Gasteiger partial charge in [-0.3, -0.25) is 4.79 Å². The predicted molar refractivity (Wildman–Crippen MR) is 135 cm³/mol. The second kappa shape index (κ2) is 9.98. The standard InChI is InChI=1S/C28H24ClN3O2/c29-24-12-6-4-10-20(24)22(23-16-30-25-13-7-5-11-21(23)25)17-31-27(33)14-15-28-32-18-26(34-28)19-8-2-1-3-9-19/h1-13,16,18,22,30H,14-15,17H2,(H,31,33). The molecule has 3 aromatic carbocycles.